The second-order valence-electron chi connectivity index (χ2n) is 5.28. The first-order valence-electron chi connectivity index (χ1n) is 7.32. The van der Waals surface area contributed by atoms with Crippen molar-refractivity contribution in [3.8, 4) is 5.75 Å². The van der Waals surface area contributed by atoms with E-state index in [-0.39, 0.29) is 19.0 Å². The zero-order valence-corrected chi connectivity index (χ0v) is 13.4. The monoisotopic (exact) mass is 321 g/mol. The summed E-state index contributed by atoms with van der Waals surface area (Å²) in [7, 11) is 0. The highest BCUT2D eigenvalue weighted by molar-refractivity contribution is 5.89. The number of hydrogen-bond donors (Lipinski definition) is 2. The van der Waals surface area contributed by atoms with E-state index in [9.17, 15) is 14.3 Å². The van der Waals surface area contributed by atoms with Crippen LogP contribution >= 0.6 is 0 Å². The molecular formula is C17H20FNO4. The molecule has 6 heteroatoms. The Morgan fingerprint density at radius 2 is 1.91 bits per heavy atom. The van der Waals surface area contributed by atoms with E-state index in [1.807, 2.05) is 0 Å². The van der Waals surface area contributed by atoms with Crippen LogP contribution in [0.3, 0.4) is 0 Å². The molecule has 2 N–H and O–H groups in total. The molecule has 0 aliphatic heterocycles. The third-order valence-electron chi connectivity index (χ3n) is 3.52. The van der Waals surface area contributed by atoms with E-state index >= 15 is 0 Å². The Balaban J connectivity index is 1.88. The van der Waals surface area contributed by atoms with Crippen molar-refractivity contribution in [2.75, 3.05) is 13.2 Å². The molecule has 0 amide bonds. The lowest BCUT2D eigenvalue weighted by Crippen LogP contribution is -2.13. The number of ether oxygens (including phenoxy) is 2. The lowest BCUT2D eigenvalue weighted by atomic mass is 10.1. The average Bonchev–Trinajstić information content (AvgIpc) is 2.80. The summed E-state index contributed by atoms with van der Waals surface area (Å²) in [6, 6.07) is 5.60. The maximum Gasteiger partial charge on any atom is 0.355 e. The predicted molar refractivity (Wildman–Crippen MR) is 83.1 cm³/mol. The van der Waals surface area contributed by atoms with Crippen LogP contribution in [0.5, 0.6) is 5.75 Å². The Labute approximate surface area is 134 Å². The van der Waals surface area contributed by atoms with Crippen LogP contribution in [-0.4, -0.2) is 29.3 Å². The fourth-order valence-electron chi connectivity index (χ4n) is 2.49. The summed E-state index contributed by atoms with van der Waals surface area (Å²) >= 11 is 0. The molecule has 1 aromatic carbocycles. The minimum Gasteiger partial charge on any atom is -0.490 e. The van der Waals surface area contributed by atoms with Gasteiger partial charge >= 0.3 is 5.97 Å². The fourth-order valence-corrected chi connectivity index (χ4v) is 2.49. The van der Waals surface area contributed by atoms with Crippen LogP contribution < -0.4 is 4.74 Å². The summed E-state index contributed by atoms with van der Waals surface area (Å²) in [4.78, 5) is 15.0. The number of aliphatic hydroxyl groups is 1. The molecule has 0 radical (unpaired) electrons. The smallest absolute Gasteiger partial charge is 0.355 e. The van der Waals surface area contributed by atoms with E-state index in [0.717, 1.165) is 5.69 Å². The van der Waals surface area contributed by atoms with Crippen molar-refractivity contribution >= 4 is 5.97 Å². The highest BCUT2D eigenvalue weighted by Gasteiger charge is 2.20. The molecule has 0 bridgehead atoms. The summed E-state index contributed by atoms with van der Waals surface area (Å²) in [5.74, 6) is -0.332. The van der Waals surface area contributed by atoms with Crippen LogP contribution in [0.25, 0.3) is 0 Å². The lowest BCUT2D eigenvalue weighted by Gasteiger charge is -2.08. The standard InChI is InChI=1S/C17H20FNO4/c1-10-15(12(3)20)11(2)19-16(10)17(21)23-9-8-22-14-6-4-13(18)5-7-14/h4-7,12,19-20H,8-9H2,1-3H3/t12-/m1/s1. The number of H-pyrrole nitrogens is 1. The lowest BCUT2D eigenvalue weighted by molar-refractivity contribution is 0.0443. The van der Waals surface area contributed by atoms with Crippen molar-refractivity contribution in [1.29, 1.82) is 0 Å². The molecule has 0 aliphatic rings. The molecule has 0 spiro atoms. The first-order valence-corrected chi connectivity index (χ1v) is 7.32. The molecule has 0 fully saturated rings. The molecule has 2 rings (SSSR count). The fraction of sp³-hybridized carbons (Fsp3) is 0.353. The number of esters is 1. The number of nitrogens with one attached hydrogen (secondary N) is 1. The zero-order valence-electron chi connectivity index (χ0n) is 13.4. The third kappa shape index (κ3) is 4.10. The van der Waals surface area contributed by atoms with Crippen molar-refractivity contribution in [2.45, 2.75) is 26.9 Å². The van der Waals surface area contributed by atoms with E-state index in [1.165, 1.54) is 24.3 Å². The minimum absolute atomic E-state index is 0.0672. The number of halogens is 1. The first-order chi connectivity index (χ1) is 10.9. The summed E-state index contributed by atoms with van der Waals surface area (Å²) in [5, 5.41) is 9.72. The van der Waals surface area contributed by atoms with Gasteiger partial charge in [0.2, 0.25) is 0 Å². The summed E-state index contributed by atoms with van der Waals surface area (Å²) in [6.45, 7) is 5.44. The van der Waals surface area contributed by atoms with E-state index in [2.05, 4.69) is 4.98 Å². The predicted octanol–water partition coefficient (Wildman–Crippen LogP) is 3.06. The largest absolute Gasteiger partial charge is 0.490 e. The van der Waals surface area contributed by atoms with Crippen LogP contribution in [0.4, 0.5) is 4.39 Å². The molecule has 1 heterocycles. The van der Waals surface area contributed by atoms with Gasteiger partial charge in [-0.1, -0.05) is 0 Å². The second-order valence-corrected chi connectivity index (χ2v) is 5.28. The number of benzene rings is 1. The Kier molecular flexibility index (Phi) is 5.39. The van der Waals surface area contributed by atoms with Crippen LogP contribution in [0, 0.1) is 19.7 Å². The Bertz CT molecular complexity index is 677. The number of carbonyl (C=O) groups is 1. The highest BCUT2D eigenvalue weighted by atomic mass is 19.1. The highest BCUT2D eigenvalue weighted by Crippen LogP contribution is 2.24. The molecule has 5 nitrogen and oxygen atoms in total. The quantitative estimate of drug-likeness (QED) is 0.633. The van der Waals surface area contributed by atoms with Gasteiger partial charge in [-0.2, -0.15) is 0 Å². The van der Waals surface area contributed by atoms with Crippen LogP contribution in [0.1, 0.15) is 40.3 Å². The van der Waals surface area contributed by atoms with Crippen LogP contribution in [0.2, 0.25) is 0 Å². The van der Waals surface area contributed by atoms with Gasteiger partial charge in [-0.25, -0.2) is 9.18 Å². The van der Waals surface area contributed by atoms with Gasteiger partial charge in [-0.15, -0.1) is 0 Å². The molecule has 1 aromatic heterocycles. The van der Waals surface area contributed by atoms with Crippen LogP contribution in [-0.2, 0) is 4.74 Å². The first kappa shape index (κ1) is 17.0. The second kappa shape index (κ2) is 7.28. The number of rotatable bonds is 6. The number of aromatic nitrogens is 1. The molecule has 0 saturated heterocycles. The van der Waals surface area contributed by atoms with Gasteiger partial charge in [0, 0.05) is 11.3 Å². The van der Waals surface area contributed by atoms with Crippen LogP contribution in [0.15, 0.2) is 24.3 Å². The molecule has 0 saturated carbocycles. The average molecular weight is 321 g/mol. The van der Waals surface area contributed by atoms with Crippen molar-refractivity contribution in [3.63, 3.8) is 0 Å². The molecule has 124 valence electrons. The summed E-state index contributed by atoms with van der Waals surface area (Å²) < 4.78 is 23.3. The molecule has 0 aliphatic carbocycles. The normalized spacial score (nSPS) is 12.0. The van der Waals surface area contributed by atoms with E-state index < -0.39 is 12.1 Å². The number of aromatic amines is 1. The SMILES string of the molecule is Cc1[nH]c(C(=O)OCCOc2ccc(F)cc2)c(C)c1[C@@H](C)O. The minimum atomic E-state index is -0.658. The van der Waals surface area contributed by atoms with Gasteiger partial charge in [0.15, 0.2) is 0 Å². The van der Waals surface area contributed by atoms with E-state index in [4.69, 9.17) is 9.47 Å². The number of hydrogen-bond acceptors (Lipinski definition) is 4. The number of aryl methyl sites for hydroxylation is 1. The topological polar surface area (TPSA) is 71.6 Å². The van der Waals surface area contributed by atoms with Crippen molar-refractivity contribution in [2.24, 2.45) is 0 Å². The Morgan fingerprint density at radius 3 is 2.48 bits per heavy atom. The number of carbonyl (C=O) groups excluding carboxylic acids is 1. The maximum atomic E-state index is 12.8. The maximum absolute atomic E-state index is 12.8. The number of aliphatic hydroxyl groups excluding tert-OH is 1. The zero-order chi connectivity index (χ0) is 17.0. The van der Waals surface area contributed by atoms with Gasteiger partial charge in [0.05, 0.1) is 6.10 Å². The van der Waals surface area contributed by atoms with E-state index in [1.54, 1.807) is 20.8 Å². The Morgan fingerprint density at radius 1 is 1.26 bits per heavy atom. The third-order valence-corrected chi connectivity index (χ3v) is 3.52. The van der Waals surface area contributed by atoms with Crippen molar-refractivity contribution < 1.29 is 23.8 Å². The molecule has 23 heavy (non-hydrogen) atoms. The van der Waals surface area contributed by atoms with Gasteiger partial charge < -0.3 is 19.6 Å². The van der Waals surface area contributed by atoms with Gasteiger partial charge in [-0.05, 0) is 50.6 Å². The summed E-state index contributed by atoms with van der Waals surface area (Å²) in [6.07, 6.45) is -0.658. The molecule has 2 aromatic rings. The molecule has 0 unspecified atom stereocenters. The van der Waals surface area contributed by atoms with Crippen molar-refractivity contribution in [3.05, 3.63) is 52.6 Å². The van der Waals surface area contributed by atoms with Gasteiger partial charge in [-0.3, -0.25) is 0 Å². The van der Waals surface area contributed by atoms with Gasteiger partial charge in [0.25, 0.3) is 0 Å². The summed E-state index contributed by atoms with van der Waals surface area (Å²) in [5.41, 5.74) is 2.47. The Hall–Kier alpha value is -2.34. The molecular weight excluding hydrogens is 301 g/mol. The van der Waals surface area contributed by atoms with Crippen molar-refractivity contribution in [1.82, 2.24) is 4.98 Å². The van der Waals surface area contributed by atoms with Gasteiger partial charge in [0.1, 0.15) is 30.5 Å². The van der Waals surface area contributed by atoms with E-state index in [0.29, 0.717) is 22.6 Å². The molecule has 1 atom stereocenters.